The molecule has 0 atom stereocenters. The van der Waals surface area contributed by atoms with Crippen LogP contribution in [-0.2, 0) is 0 Å². The molecule has 0 aliphatic rings. The van der Waals surface area contributed by atoms with E-state index in [4.69, 9.17) is 9.97 Å². The summed E-state index contributed by atoms with van der Waals surface area (Å²) in [6, 6.07) is 57.3. The molecule has 0 fully saturated rings. The Bertz CT molecular complexity index is 2200. The second kappa shape index (κ2) is 12.1. The van der Waals surface area contributed by atoms with Crippen molar-refractivity contribution < 1.29 is 0 Å². The topological polar surface area (TPSA) is 38.7 Å². The van der Waals surface area contributed by atoms with E-state index in [1.54, 1.807) is 6.20 Å². The molecule has 8 aromatic rings. The minimum atomic E-state index is 0.713. The Labute approximate surface area is 268 Å². The van der Waals surface area contributed by atoms with Crippen LogP contribution in [0.25, 0.3) is 78.1 Å². The number of hydrogen-bond donors (Lipinski definition) is 0. The van der Waals surface area contributed by atoms with Gasteiger partial charge in [-0.25, -0.2) is 9.97 Å². The van der Waals surface area contributed by atoms with Crippen LogP contribution in [0.2, 0.25) is 0 Å². The second-order valence-electron chi connectivity index (χ2n) is 11.3. The second-order valence-corrected chi connectivity index (χ2v) is 11.3. The Morgan fingerprint density at radius 2 is 0.891 bits per heavy atom. The summed E-state index contributed by atoms with van der Waals surface area (Å²) in [7, 11) is 0. The Kier molecular flexibility index (Phi) is 7.18. The summed E-state index contributed by atoms with van der Waals surface area (Å²) in [5, 5.41) is 2.33. The van der Waals surface area contributed by atoms with Gasteiger partial charge in [-0.15, -0.1) is 0 Å². The molecule has 0 N–H and O–H groups in total. The molecular weight excluding hydrogens is 558 g/mol. The summed E-state index contributed by atoms with van der Waals surface area (Å²) >= 11 is 0. The lowest BCUT2D eigenvalue weighted by atomic mass is 9.93. The first kappa shape index (κ1) is 27.4. The zero-order chi connectivity index (χ0) is 30.7. The third-order valence-corrected chi connectivity index (χ3v) is 8.40. The molecule has 8 rings (SSSR count). The molecule has 216 valence electrons. The van der Waals surface area contributed by atoms with Gasteiger partial charge in [-0.1, -0.05) is 140 Å². The lowest BCUT2D eigenvalue weighted by molar-refractivity contribution is 1.18. The highest BCUT2D eigenvalue weighted by Gasteiger charge is 2.14. The summed E-state index contributed by atoms with van der Waals surface area (Å²) < 4.78 is 0. The van der Waals surface area contributed by atoms with Gasteiger partial charge in [-0.2, -0.15) is 0 Å². The average molecular weight is 588 g/mol. The summed E-state index contributed by atoms with van der Waals surface area (Å²) in [5.41, 5.74) is 11.9. The van der Waals surface area contributed by atoms with Crippen molar-refractivity contribution in [1.82, 2.24) is 15.0 Å². The van der Waals surface area contributed by atoms with Crippen molar-refractivity contribution in [2.45, 2.75) is 0 Å². The van der Waals surface area contributed by atoms with E-state index in [1.807, 2.05) is 48.7 Å². The Morgan fingerprint density at radius 3 is 1.54 bits per heavy atom. The molecule has 0 saturated heterocycles. The standard InChI is InChI=1S/C43H29N3/c1-3-10-34(11-4-1)41-28-42(46-43(45-41)35-12-5-2-6-13-35)40-27-38(26-36-14-7-8-16-39(36)40)33-23-19-31(20-24-33)30-17-21-32(22-18-30)37-15-9-25-44-29-37/h1-29H. The molecule has 3 nitrogen and oxygen atoms in total. The fourth-order valence-corrected chi connectivity index (χ4v) is 5.99. The molecule has 0 saturated carbocycles. The molecule has 0 aliphatic carbocycles. The van der Waals surface area contributed by atoms with Crippen LogP contribution in [0, 0.1) is 0 Å². The highest BCUT2D eigenvalue weighted by Crippen LogP contribution is 2.36. The third-order valence-electron chi connectivity index (χ3n) is 8.40. The van der Waals surface area contributed by atoms with Crippen LogP contribution in [0.3, 0.4) is 0 Å². The maximum absolute atomic E-state index is 5.15. The monoisotopic (exact) mass is 587 g/mol. The van der Waals surface area contributed by atoms with Gasteiger partial charge in [-0.3, -0.25) is 4.98 Å². The maximum atomic E-state index is 5.15. The van der Waals surface area contributed by atoms with Crippen LogP contribution in [0.5, 0.6) is 0 Å². The van der Waals surface area contributed by atoms with Gasteiger partial charge in [0.25, 0.3) is 0 Å². The van der Waals surface area contributed by atoms with Gasteiger partial charge in [0.1, 0.15) is 0 Å². The van der Waals surface area contributed by atoms with Crippen LogP contribution in [-0.4, -0.2) is 15.0 Å². The van der Waals surface area contributed by atoms with Gasteiger partial charge in [0.2, 0.25) is 0 Å². The van der Waals surface area contributed by atoms with Crippen molar-refractivity contribution >= 4 is 10.8 Å². The zero-order valence-electron chi connectivity index (χ0n) is 25.1. The van der Waals surface area contributed by atoms with E-state index in [-0.39, 0.29) is 0 Å². The predicted octanol–water partition coefficient (Wildman–Crippen LogP) is 11.0. The van der Waals surface area contributed by atoms with E-state index in [0.717, 1.165) is 55.7 Å². The van der Waals surface area contributed by atoms with Crippen LogP contribution >= 0.6 is 0 Å². The van der Waals surface area contributed by atoms with Crippen LogP contribution in [0.4, 0.5) is 0 Å². The number of hydrogen-bond acceptors (Lipinski definition) is 3. The van der Waals surface area contributed by atoms with Crippen molar-refractivity contribution in [3.63, 3.8) is 0 Å². The van der Waals surface area contributed by atoms with Gasteiger partial charge in [0.05, 0.1) is 11.4 Å². The van der Waals surface area contributed by atoms with Gasteiger partial charge >= 0.3 is 0 Å². The smallest absolute Gasteiger partial charge is 0.160 e. The molecule has 0 aliphatic heterocycles. The molecule has 0 unspecified atom stereocenters. The van der Waals surface area contributed by atoms with Gasteiger partial charge < -0.3 is 0 Å². The van der Waals surface area contributed by atoms with Crippen molar-refractivity contribution in [3.05, 3.63) is 176 Å². The largest absolute Gasteiger partial charge is 0.264 e. The molecule has 46 heavy (non-hydrogen) atoms. The van der Waals surface area contributed by atoms with Gasteiger partial charge in [0.15, 0.2) is 5.82 Å². The first-order valence-corrected chi connectivity index (χ1v) is 15.4. The minimum absolute atomic E-state index is 0.713. The number of aromatic nitrogens is 3. The molecule has 0 amide bonds. The molecule has 3 heteroatoms. The maximum Gasteiger partial charge on any atom is 0.160 e. The fourth-order valence-electron chi connectivity index (χ4n) is 5.99. The van der Waals surface area contributed by atoms with Crippen LogP contribution < -0.4 is 0 Å². The van der Waals surface area contributed by atoms with E-state index in [0.29, 0.717) is 5.82 Å². The minimum Gasteiger partial charge on any atom is -0.264 e. The van der Waals surface area contributed by atoms with Crippen molar-refractivity contribution in [2.75, 3.05) is 0 Å². The highest BCUT2D eigenvalue weighted by molar-refractivity contribution is 6.00. The van der Waals surface area contributed by atoms with Crippen LogP contribution in [0.1, 0.15) is 0 Å². The normalized spacial score (nSPS) is 11.0. The summed E-state index contributed by atoms with van der Waals surface area (Å²) in [5.74, 6) is 0.713. The number of nitrogens with zero attached hydrogens (tertiary/aromatic N) is 3. The number of rotatable bonds is 6. The van der Waals surface area contributed by atoms with Crippen LogP contribution in [0.15, 0.2) is 176 Å². The molecule has 2 aromatic heterocycles. The van der Waals surface area contributed by atoms with Crippen molar-refractivity contribution in [2.24, 2.45) is 0 Å². The Morgan fingerprint density at radius 1 is 0.348 bits per heavy atom. The Hall–Kier alpha value is -6.19. The van der Waals surface area contributed by atoms with E-state index < -0.39 is 0 Å². The van der Waals surface area contributed by atoms with Crippen molar-refractivity contribution in [3.8, 4) is 67.3 Å². The van der Waals surface area contributed by atoms with Gasteiger partial charge in [0, 0.05) is 29.1 Å². The number of pyridine rings is 1. The van der Waals surface area contributed by atoms with E-state index in [2.05, 4.69) is 126 Å². The predicted molar refractivity (Wildman–Crippen MR) is 190 cm³/mol. The molecule has 0 radical (unpaired) electrons. The molecule has 2 heterocycles. The molecule has 6 aromatic carbocycles. The van der Waals surface area contributed by atoms with Gasteiger partial charge in [-0.05, 0) is 68.4 Å². The van der Waals surface area contributed by atoms with Crippen molar-refractivity contribution in [1.29, 1.82) is 0 Å². The van der Waals surface area contributed by atoms with E-state index >= 15 is 0 Å². The first-order valence-electron chi connectivity index (χ1n) is 15.4. The highest BCUT2D eigenvalue weighted by atomic mass is 14.9. The summed E-state index contributed by atoms with van der Waals surface area (Å²) in [6.07, 6.45) is 3.70. The fraction of sp³-hybridized carbons (Fsp3) is 0. The Balaban J connectivity index is 1.21. The van der Waals surface area contributed by atoms with E-state index in [1.165, 1.54) is 16.5 Å². The number of fused-ring (bicyclic) bond motifs is 1. The average Bonchev–Trinajstić information content (AvgIpc) is 3.15. The SMILES string of the molecule is c1ccc(-c2cc(-c3cc(-c4ccc(-c5ccc(-c6cccnc6)cc5)cc4)cc4ccccc34)nc(-c3ccccc3)n2)cc1. The summed E-state index contributed by atoms with van der Waals surface area (Å²) in [6.45, 7) is 0. The third kappa shape index (κ3) is 5.47. The lowest BCUT2D eigenvalue weighted by Gasteiger charge is -2.14. The lowest BCUT2D eigenvalue weighted by Crippen LogP contribution is -1.96. The quantitative estimate of drug-likeness (QED) is 0.194. The molecule has 0 spiro atoms. The zero-order valence-corrected chi connectivity index (χ0v) is 25.1. The summed E-state index contributed by atoms with van der Waals surface area (Å²) in [4.78, 5) is 14.4. The number of benzene rings is 6. The molecular formula is C43H29N3. The molecule has 0 bridgehead atoms. The van der Waals surface area contributed by atoms with E-state index in [9.17, 15) is 0 Å². The first-order chi connectivity index (χ1) is 22.8.